The van der Waals surface area contributed by atoms with Crippen LogP contribution in [0.3, 0.4) is 0 Å². The van der Waals surface area contributed by atoms with Crippen LogP contribution in [0.4, 0.5) is 16.8 Å². The van der Waals surface area contributed by atoms with Crippen LogP contribution in [-0.2, 0) is 0 Å². The molecule has 2 heterocycles. The van der Waals surface area contributed by atoms with Crippen LogP contribution in [0.2, 0.25) is 5.02 Å². The minimum absolute atomic E-state index is 0.269. The lowest BCUT2D eigenvalue weighted by molar-refractivity contribution is 0.102. The number of hydrogen-bond acceptors (Lipinski definition) is 6. The van der Waals surface area contributed by atoms with E-state index in [-0.39, 0.29) is 5.91 Å². The second-order valence-electron chi connectivity index (χ2n) is 5.84. The molecule has 0 bridgehead atoms. The number of thiazole rings is 1. The third-order valence-electron chi connectivity index (χ3n) is 3.83. The number of carbonyl (C=O) groups excluding carboxylic acids is 1. The average molecular weight is 388 g/mol. The van der Waals surface area contributed by atoms with E-state index in [1.807, 2.05) is 13.8 Å². The Kier molecular flexibility index (Phi) is 5.20. The van der Waals surface area contributed by atoms with Crippen LogP contribution < -0.4 is 10.6 Å². The summed E-state index contributed by atoms with van der Waals surface area (Å²) < 4.78 is 0. The number of amides is 1. The molecule has 0 aliphatic heterocycles. The van der Waals surface area contributed by atoms with E-state index in [1.54, 1.807) is 49.4 Å². The zero-order chi connectivity index (χ0) is 18.8. The molecule has 0 spiro atoms. The summed E-state index contributed by atoms with van der Waals surface area (Å²) in [6, 6.07) is 6.99. The summed E-state index contributed by atoms with van der Waals surface area (Å²) in [4.78, 5) is 27.0. The maximum atomic E-state index is 12.6. The Labute approximate surface area is 160 Å². The van der Waals surface area contributed by atoms with Crippen molar-refractivity contribution in [1.82, 2.24) is 15.0 Å². The fraction of sp³-hybridized carbons (Fsp3) is 0.222. The quantitative estimate of drug-likeness (QED) is 0.671. The van der Waals surface area contributed by atoms with Gasteiger partial charge in [0.2, 0.25) is 5.95 Å². The Morgan fingerprint density at radius 2 is 1.73 bits per heavy atom. The first kappa shape index (κ1) is 18.3. The summed E-state index contributed by atoms with van der Waals surface area (Å²) >= 11 is 7.50. The molecule has 2 aromatic heterocycles. The van der Waals surface area contributed by atoms with E-state index in [0.29, 0.717) is 33.6 Å². The first-order valence-electron chi connectivity index (χ1n) is 7.96. The van der Waals surface area contributed by atoms with Crippen LogP contribution in [0.1, 0.15) is 32.3 Å². The lowest BCUT2D eigenvalue weighted by Crippen LogP contribution is -2.17. The first-order valence-corrected chi connectivity index (χ1v) is 9.16. The molecular weight excluding hydrogens is 370 g/mol. The molecule has 0 saturated carbocycles. The molecule has 0 fully saturated rings. The SMILES string of the molecule is Cc1nc(Nc2nc(C)c(C(=O)Nc3cccc(Cl)c3)c(C)n2)sc1C. The third-order valence-corrected chi connectivity index (χ3v) is 5.05. The third kappa shape index (κ3) is 4.00. The van der Waals surface area contributed by atoms with Crippen molar-refractivity contribution >= 4 is 45.6 Å². The number of hydrogen-bond donors (Lipinski definition) is 2. The molecule has 0 radical (unpaired) electrons. The van der Waals surface area contributed by atoms with Gasteiger partial charge in [0.15, 0.2) is 5.13 Å². The summed E-state index contributed by atoms with van der Waals surface area (Å²) in [6.45, 7) is 7.53. The smallest absolute Gasteiger partial charge is 0.259 e. The van der Waals surface area contributed by atoms with Gasteiger partial charge < -0.3 is 10.6 Å². The number of halogens is 1. The number of benzene rings is 1. The van der Waals surface area contributed by atoms with Crippen LogP contribution >= 0.6 is 22.9 Å². The van der Waals surface area contributed by atoms with E-state index in [0.717, 1.165) is 15.7 Å². The van der Waals surface area contributed by atoms with E-state index in [4.69, 9.17) is 11.6 Å². The van der Waals surface area contributed by atoms with Gasteiger partial charge in [-0.25, -0.2) is 15.0 Å². The number of aromatic nitrogens is 3. The molecule has 0 atom stereocenters. The van der Waals surface area contributed by atoms with Gasteiger partial charge in [-0.1, -0.05) is 17.7 Å². The average Bonchev–Trinajstić information content (AvgIpc) is 2.84. The summed E-state index contributed by atoms with van der Waals surface area (Å²) in [6.07, 6.45) is 0. The Hall–Kier alpha value is -2.51. The second kappa shape index (κ2) is 7.39. The maximum Gasteiger partial charge on any atom is 0.259 e. The van der Waals surface area contributed by atoms with Gasteiger partial charge in [-0.05, 0) is 45.9 Å². The van der Waals surface area contributed by atoms with Gasteiger partial charge in [-0.2, -0.15) is 0 Å². The number of nitrogens with zero attached hydrogens (tertiary/aromatic N) is 3. The largest absolute Gasteiger partial charge is 0.322 e. The molecule has 134 valence electrons. The van der Waals surface area contributed by atoms with E-state index in [1.165, 1.54) is 0 Å². The fourth-order valence-corrected chi connectivity index (χ4v) is 3.48. The minimum Gasteiger partial charge on any atom is -0.322 e. The highest BCUT2D eigenvalue weighted by Gasteiger charge is 2.17. The molecule has 0 unspecified atom stereocenters. The molecule has 6 nitrogen and oxygen atoms in total. The van der Waals surface area contributed by atoms with Crippen LogP contribution in [0.25, 0.3) is 0 Å². The van der Waals surface area contributed by atoms with Crippen molar-refractivity contribution in [2.75, 3.05) is 10.6 Å². The number of anilines is 3. The molecule has 0 saturated heterocycles. The number of rotatable bonds is 4. The molecule has 0 aliphatic rings. The standard InChI is InChI=1S/C18H18ClN5OS/c1-9-12(4)26-18(22-9)24-17-20-10(2)15(11(3)21-17)16(25)23-14-7-5-6-13(19)8-14/h5-8H,1-4H3,(H,23,25)(H,20,21,22,24). The van der Waals surface area contributed by atoms with Crippen molar-refractivity contribution in [3.8, 4) is 0 Å². The lowest BCUT2D eigenvalue weighted by Gasteiger charge is -2.11. The molecule has 1 aromatic carbocycles. The Bertz CT molecular complexity index is 943. The zero-order valence-electron chi connectivity index (χ0n) is 14.8. The molecule has 2 N–H and O–H groups in total. The highest BCUT2D eigenvalue weighted by molar-refractivity contribution is 7.15. The monoisotopic (exact) mass is 387 g/mol. The van der Waals surface area contributed by atoms with E-state index >= 15 is 0 Å². The van der Waals surface area contributed by atoms with Gasteiger partial charge in [0, 0.05) is 15.6 Å². The molecule has 8 heteroatoms. The van der Waals surface area contributed by atoms with Crippen molar-refractivity contribution in [1.29, 1.82) is 0 Å². The predicted octanol–water partition coefficient (Wildman–Crippen LogP) is 4.82. The maximum absolute atomic E-state index is 12.6. The van der Waals surface area contributed by atoms with Crippen LogP contribution in [-0.4, -0.2) is 20.9 Å². The molecule has 3 rings (SSSR count). The van der Waals surface area contributed by atoms with Crippen molar-refractivity contribution in [2.45, 2.75) is 27.7 Å². The number of aryl methyl sites for hydroxylation is 4. The summed E-state index contributed by atoms with van der Waals surface area (Å²) in [5.41, 5.74) is 3.22. The van der Waals surface area contributed by atoms with Crippen LogP contribution in [0.15, 0.2) is 24.3 Å². The van der Waals surface area contributed by atoms with Gasteiger partial charge in [0.25, 0.3) is 5.91 Å². The van der Waals surface area contributed by atoms with Crippen LogP contribution in [0.5, 0.6) is 0 Å². The summed E-state index contributed by atoms with van der Waals surface area (Å²) in [7, 11) is 0. The van der Waals surface area contributed by atoms with Gasteiger partial charge in [0.1, 0.15) is 0 Å². The lowest BCUT2D eigenvalue weighted by atomic mass is 10.1. The van der Waals surface area contributed by atoms with Gasteiger partial charge in [-0.3, -0.25) is 4.79 Å². The first-order chi connectivity index (χ1) is 12.3. The van der Waals surface area contributed by atoms with Crippen molar-refractivity contribution < 1.29 is 4.79 Å². The van der Waals surface area contributed by atoms with Crippen molar-refractivity contribution in [3.63, 3.8) is 0 Å². The summed E-state index contributed by atoms with van der Waals surface area (Å²) in [5.74, 6) is 0.155. The molecule has 1 amide bonds. The van der Waals surface area contributed by atoms with E-state index in [9.17, 15) is 4.79 Å². The topological polar surface area (TPSA) is 79.8 Å². The van der Waals surface area contributed by atoms with Crippen molar-refractivity contribution in [3.05, 3.63) is 56.8 Å². The van der Waals surface area contributed by atoms with Crippen molar-refractivity contribution in [2.24, 2.45) is 0 Å². The Morgan fingerprint density at radius 1 is 1.04 bits per heavy atom. The van der Waals surface area contributed by atoms with Crippen LogP contribution in [0, 0.1) is 27.7 Å². The Balaban J connectivity index is 1.83. The molecule has 3 aromatic rings. The minimum atomic E-state index is -0.269. The molecular formula is C18H18ClN5OS. The predicted molar refractivity (Wildman–Crippen MR) is 106 cm³/mol. The van der Waals surface area contributed by atoms with Gasteiger partial charge in [0.05, 0.1) is 22.6 Å². The fourth-order valence-electron chi connectivity index (χ4n) is 2.48. The van der Waals surface area contributed by atoms with E-state index in [2.05, 4.69) is 25.6 Å². The Morgan fingerprint density at radius 3 is 2.31 bits per heavy atom. The highest BCUT2D eigenvalue weighted by atomic mass is 35.5. The van der Waals surface area contributed by atoms with E-state index < -0.39 is 0 Å². The number of carbonyl (C=O) groups is 1. The second-order valence-corrected chi connectivity index (χ2v) is 7.48. The highest BCUT2D eigenvalue weighted by Crippen LogP contribution is 2.24. The zero-order valence-corrected chi connectivity index (χ0v) is 16.4. The van der Waals surface area contributed by atoms with Gasteiger partial charge >= 0.3 is 0 Å². The van der Waals surface area contributed by atoms with Gasteiger partial charge in [-0.15, -0.1) is 11.3 Å². The normalized spacial score (nSPS) is 10.7. The molecule has 0 aliphatic carbocycles. The summed E-state index contributed by atoms with van der Waals surface area (Å²) in [5, 5.41) is 7.22. The number of nitrogens with one attached hydrogen (secondary N) is 2. The molecule has 26 heavy (non-hydrogen) atoms.